The maximum absolute atomic E-state index is 13.0. The lowest BCUT2D eigenvalue weighted by atomic mass is 9.99. The van der Waals surface area contributed by atoms with Crippen LogP contribution in [0.15, 0.2) is 28.5 Å². The summed E-state index contributed by atoms with van der Waals surface area (Å²) in [5.74, 6) is -0.0139. The molecule has 0 atom stereocenters. The number of hydrogen-bond donors (Lipinski definition) is 1. The maximum Gasteiger partial charge on any atom is 0.270 e. The average molecular weight is 513 g/mol. The number of sulfonamides is 1. The van der Waals surface area contributed by atoms with Gasteiger partial charge in [0.25, 0.3) is 5.91 Å². The van der Waals surface area contributed by atoms with Crippen LogP contribution in [0.3, 0.4) is 0 Å². The quantitative estimate of drug-likeness (QED) is 0.613. The number of aryl methyl sites for hydroxylation is 1. The number of morpholine rings is 1. The molecule has 1 aromatic carbocycles. The summed E-state index contributed by atoms with van der Waals surface area (Å²) in [6, 6.07) is 4.85. The number of carbonyl (C=O) groups excluding carboxylic acids is 1. The van der Waals surface area contributed by atoms with E-state index >= 15 is 0 Å². The number of nitrogens with one attached hydrogen (secondary N) is 1. The van der Waals surface area contributed by atoms with Crippen LogP contribution in [0, 0.1) is 6.92 Å². The minimum Gasteiger partial charge on any atom is -0.379 e. The standard InChI is InChI=1S/C22H29ClN4O4S2/c1-16-2-3-18(14-19(16)23)33(29,30)27-7-4-17(5-8-27)22-25-20(15-32-22)21(28)24-6-9-26-10-12-31-13-11-26/h2-3,14-15,17H,4-13H2,1H3,(H,24,28). The highest BCUT2D eigenvalue weighted by Gasteiger charge is 2.31. The van der Waals surface area contributed by atoms with E-state index in [1.54, 1.807) is 17.5 Å². The van der Waals surface area contributed by atoms with E-state index in [0.29, 0.717) is 43.2 Å². The van der Waals surface area contributed by atoms with E-state index in [9.17, 15) is 13.2 Å². The first-order valence-corrected chi connectivity index (χ1v) is 13.8. The molecule has 0 unspecified atom stereocenters. The first kappa shape index (κ1) is 24.6. The molecule has 2 aliphatic heterocycles. The molecule has 2 aliphatic rings. The molecule has 33 heavy (non-hydrogen) atoms. The Bertz CT molecular complexity index is 1080. The monoisotopic (exact) mass is 512 g/mol. The molecule has 2 aromatic rings. The van der Waals surface area contributed by atoms with E-state index in [0.717, 1.165) is 43.4 Å². The molecule has 0 saturated carbocycles. The summed E-state index contributed by atoms with van der Waals surface area (Å²) in [5, 5.41) is 6.07. The highest BCUT2D eigenvalue weighted by atomic mass is 35.5. The molecular weight excluding hydrogens is 484 g/mol. The number of rotatable bonds is 7. The molecule has 8 nitrogen and oxygen atoms in total. The van der Waals surface area contributed by atoms with Crippen molar-refractivity contribution in [2.24, 2.45) is 0 Å². The first-order chi connectivity index (χ1) is 15.8. The van der Waals surface area contributed by atoms with Crippen LogP contribution in [0.25, 0.3) is 0 Å². The van der Waals surface area contributed by atoms with Crippen molar-refractivity contribution in [1.82, 2.24) is 19.5 Å². The molecule has 0 bridgehead atoms. The van der Waals surface area contributed by atoms with Gasteiger partial charge in [-0.15, -0.1) is 11.3 Å². The molecule has 180 valence electrons. The van der Waals surface area contributed by atoms with Crippen molar-refractivity contribution >= 4 is 38.9 Å². The van der Waals surface area contributed by atoms with Crippen LogP contribution in [0.4, 0.5) is 0 Å². The SMILES string of the molecule is Cc1ccc(S(=O)(=O)N2CCC(c3nc(C(=O)NCCN4CCOCC4)cs3)CC2)cc1Cl. The number of halogens is 1. The number of benzene rings is 1. The Morgan fingerprint density at radius 3 is 2.67 bits per heavy atom. The van der Waals surface area contributed by atoms with E-state index in [4.69, 9.17) is 16.3 Å². The van der Waals surface area contributed by atoms with Gasteiger partial charge in [-0.25, -0.2) is 13.4 Å². The molecule has 0 aliphatic carbocycles. The molecule has 2 saturated heterocycles. The summed E-state index contributed by atoms with van der Waals surface area (Å²) in [4.78, 5) is 19.5. The van der Waals surface area contributed by atoms with Gasteiger partial charge in [-0.3, -0.25) is 9.69 Å². The fourth-order valence-electron chi connectivity index (χ4n) is 4.05. The van der Waals surface area contributed by atoms with Gasteiger partial charge < -0.3 is 10.1 Å². The van der Waals surface area contributed by atoms with Crippen molar-refractivity contribution in [3.63, 3.8) is 0 Å². The second-order valence-corrected chi connectivity index (χ2v) is 11.6. The van der Waals surface area contributed by atoms with Gasteiger partial charge in [0.1, 0.15) is 5.69 Å². The topological polar surface area (TPSA) is 91.8 Å². The van der Waals surface area contributed by atoms with E-state index in [1.165, 1.54) is 21.7 Å². The Labute approximate surface area is 203 Å². The molecule has 1 aromatic heterocycles. The summed E-state index contributed by atoms with van der Waals surface area (Å²) in [7, 11) is -3.58. The highest BCUT2D eigenvalue weighted by Crippen LogP contribution is 2.33. The van der Waals surface area contributed by atoms with Gasteiger partial charge in [0, 0.05) is 55.6 Å². The Morgan fingerprint density at radius 2 is 1.97 bits per heavy atom. The van der Waals surface area contributed by atoms with Crippen molar-refractivity contribution < 1.29 is 17.9 Å². The van der Waals surface area contributed by atoms with Gasteiger partial charge in [0.05, 0.1) is 23.1 Å². The molecule has 4 rings (SSSR count). The Kier molecular flexibility index (Phi) is 8.03. The van der Waals surface area contributed by atoms with Crippen molar-refractivity contribution in [3.05, 3.63) is 44.9 Å². The van der Waals surface area contributed by atoms with Crippen LogP contribution in [-0.4, -0.2) is 81.0 Å². The summed E-state index contributed by atoms with van der Waals surface area (Å²) in [6.07, 6.45) is 1.34. The zero-order valence-corrected chi connectivity index (χ0v) is 21.0. The van der Waals surface area contributed by atoms with Gasteiger partial charge in [-0.05, 0) is 37.5 Å². The molecule has 0 radical (unpaired) electrons. The first-order valence-electron chi connectivity index (χ1n) is 11.1. The maximum atomic E-state index is 13.0. The third kappa shape index (κ3) is 5.93. The summed E-state index contributed by atoms with van der Waals surface area (Å²) in [6.45, 7) is 7.31. The van der Waals surface area contributed by atoms with Crippen molar-refractivity contribution in [2.45, 2.75) is 30.6 Å². The lowest BCUT2D eigenvalue weighted by Crippen LogP contribution is -2.41. The van der Waals surface area contributed by atoms with Crippen LogP contribution in [0.5, 0.6) is 0 Å². The Balaban J connectivity index is 1.29. The molecule has 0 spiro atoms. The Morgan fingerprint density at radius 1 is 1.24 bits per heavy atom. The number of hydrogen-bond acceptors (Lipinski definition) is 7. The third-order valence-electron chi connectivity index (χ3n) is 6.16. The van der Waals surface area contributed by atoms with Crippen molar-refractivity contribution in [2.75, 3.05) is 52.5 Å². The minimum atomic E-state index is -3.58. The van der Waals surface area contributed by atoms with Gasteiger partial charge in [0.15, 0.2) is 0 Å². The van der Waals surface area contributed by atoms with Crippen LogP contribution in [0.2, 0.25) is 5.02 Å². The number of thiazole rings is 1. The molecule has 11 heteroatoms. The number of aromatic nitrogens is 1. The highest BCUT2D eigenvalue weighted by molar-refractivity contribution is 7.89. The zero-order chi connectivity index (χ0) is 23.4. The average Bonchev–Trinajstić information content (AvgIpc) is 3.32. The van der Waals surface area contributed by atoms with E-state index in [1.807, 2.05) is 6.92 Å². The van der Waals surface area contributed by atoms with Crippen LogP contribution in [-0.2, 0) is 14.8 Å². The minimum absolute atomic E-state index is 0.151. The van der Waals surface area contributed by atoms with Crippen LogP contribution >= 0.6 is 22.9 Å². The molecular formula is C22H29ClN4O4S2. The number of piperidine rings is 1. The number of nitrogens with zero attached hydrogens (tertiary/aromatic N) is 3. The van der Waals surface area contributed by atoms with Gasteiger partial charge in [-0.2, -0.15) is 4.31 Å². The molecule has 3 heterocycles. The van der Waals surface area contributed by atoms with Gasteiger partial charge in [-0.1, -0.05) is 17.7 Å². The van der Waals surface area contributed by atoms with Gasteiger partial charge >= 0.3 is 0 Å². The summed E-state index contributed by atoms with van der Waals surface area (Å²) in [5.41, 5.74) is 1.28. The molecule has 1 amide bonds. The predicted octanol–water partition coefficient (Wildman–Crippen LogP) is 2.74. The van der Waals surface area contributed by atoms with E-state index in [2.05, 4.69) is 15.2 Å². The zero-order valence-electron chi connectivity index (χ0n) is 18.6. The molecule has 1 N–H and O–H groups in total. The fraction of sp³-hybridized carbons (Fsp3) is 0.545. The fourth-order valence-corrected chi connectivity index (χ4v) is 6.76. The van der Waals surface area contributed by atoms with Crippen molar-refractivity contribution in [1.29, 1.82) is 0 Å². The number of amides is 1. The summed E-state index contributed by atoms with van der Waals surface area (Å²) < 4.78 is 32.8. The normalized spacial score (nSPS) is 19.0. The third-order valence-corrected chi connectivity index (χ3v) is 9.47. The molecule has 2 fully saturated rings. The number of carbonyl (C=O) groups is 1. The Hall–Kier alpha value is -1.56. The summed E-state index contributed by atoms with van der Waals surface area (Å²) >= 11 is 7.60. The van der Waals surface area contributed by atoms with Crippen LogP contribution < -0.4 is 5.32 Å². The number of ether oxygens (including phenoxy) is 1. The van der Waals surface area contributed by atoms with Crippen molar-refractivity contribution in [3.8, 4) is 0 Å². The van der Waals surface area contributed by atoms with E-state index in [-0.39, 0.29) is 16.7 Å². The largest absolute Gasteiger partial charge is 0.379 e. The van der Waals surface area contributed by atoms with E-state index < -0.39 is 10.0 Å². The van der Waals surface area contributed by atoms with Gasteiger partial charge in [0.2, 0.25) is 10.0 Å². The van der Waals surface area contributed by atoms with Crippen LogP contribution in [0.1, 0.15) is 39.8 Å². The predicted molar refractivity (Wildman–Crippen MR) is 129 cm³/mol. The second-order valence-electron chi connectivity index (χ2n) is 8.37. The smallest absolute Gasteiger partial charge is 0.270 e. The second kappa shape index (κ2) is 10.8. The lowest BCUT2D eigenvalue weighted by Gasteiger charge is -2.30. The lowest BCUT2D eigenvalue weighted by molar-refractivity contribution is 0.0383.